The van der Waals surface area contributed by atoms with Crippen LogP contribution in [0.2, 0.25) is 0 Å². The van der Waals surface area contributed by atoms with Crippen LogP contribution in [0.5, 0.6) is 0 Å². The van der Waals surface area contributed by atoms with Crippen LogP contribution in [-0.2, 0) is 6.54 Å². The number of nitrogens with zero attached hydrogens (tertiary/aromatic N) is 2. The van der Waals surface area contributed by atoms with Gasteiger partial charge in [0.25, 0.3) is 0 Å². The molecule has 0 unspecified atom stereocenters. The van der Waals surface area contributed by atoms with Crippen molar-refractivity contribution in [2.24, 2.45) is 0 Å². The molecule has 2 heterocycles. The maximum absolute atomic E-state index is 4.10. The van der Waals surface area contributed by atoms with Crippen LogP contribution in [0.15, 0.2) is 35.3 Å². The van der Waals surface area contributed by atoms with Crippen molar-refractivity contribution in [3.63, 3.8) is 0 Å². The number of nitrogens with one attached hydrogen (secondary N) is 2. The number of aromatic nitrogens is 3. The van der Waals surface area contributed by atoms with Crippen LogP contribution in [0.4, 0.5) is 5.82 Å². The van der Waals surface area contributed by atoms with E-state index >= 15 is 0 Å². The normalized spacial score (nSPS) is 10.1. The third-order valence-corrected chi connectivity index (χ3v) is 2.19. The first kappa shape index (κ1) is 9.21. The molecule has 0 aliphatic carbocycles. The van der Waals surface area contributed by atoms with Crippen LogP contribution in [-0.4, -0.2) is 15.0 Å². The molecule has 2 aromatic rings. The van der Waals surface area contributed by atoms with E-state index in [4.69, 9.17) is 0 Å². The first-order valence-electron chi connectivity index (χ1n) is 4.17. The molecule has 2 aromatic heterocycles. The van der Waals surface area contributed by atoms with Crippen molar-refractivity contribution >= 4 is 21.7 Å². The van der Waals surface area contributed by atoms with Crippen molar-refractivity contribution in [2.75, 3.05) is 5.32 Å². The van der Waals surface area contributed by atoms with Crippen molar-refractivity contribution < 1.29 is 0 Å². The first-order valence-corrected chi connectivity index (χ1v) is 4.96. The van der Waals surface area contributed by atoms with Crippen molar-refractivity contribution in [1.29, 1.82) is 0 Å². The lowest BCUT2D eigenvalue weighted by atomic mass is 10.4. The monoisotopic (exact) mass is 252 g/mol. The molecule has 0 fully saturated rings. The van der Waals surface area contributed by atoms with Gasteiger partial charge in [0, 0.05) is 28.8 Å². The van der Waals surface area contributed by atoms with E-state index in [0.29, 0.717) is 6.54 Å². The van der Waals surface area contributed by atoms with E-state index < -0.39 is 0 Å². The number of H-pyrrole nitrogens is 1. The molecule has 0 saturated heterocycles. The zero-order valence-electron chi connectivity index (χ0n) is 7.37. The van der Waals surface area contributed by atoms with Gasteiger partial charge in [0.1, 0.15) is 5.82 Å². The molecule has 4 nitrogen and oxygen atoms in total. The summed E-state index contributed by atoms with van der Waals surface area (Å²) in [5.74, 6) is 0.776. The minimum atomic E-state index is 0.713. The molecule has 5 heteroatoms. The predicted octanol–water partition coefficient (Wildman–Crippen LogP) is 2.18. The van der Waals surface area contributed by atoms with Gasteiger partial charge in [-0.1, -0.05) is 0 Å². The summed E-state index contributed by atoms with van der Waals surface area (Å²) in [5.41, 5.74) is 1.10. The Kier molecular flexibility index (Phi) is 2.78. The molecular weight excluding hydrogens is 244 g/mol. The topological polar surface area (TPSA) is 53.6 Å². The lowest BCUT2D eigenvalue weighted by molar-refractivity contribution is 1.04. The van der Waals surface area contributed by atoms with Crippen molar-refractivity contribution in [2.45, 2.75) is 6.54 Å². The Hall–Kier alpha value is -1.36. The summed E-state index contributed by atoms with van der Waals surface area (Å²) in [6.45, 7) is 0.713. The van der Waals surface area contributed by atoms with E-state index in [0.717, 1.165) is 16.0 Å². The van der Waals surface area contributed by atoms with Crippen LogP contribution in [0.3, 0.4) is 0 Å². The van der Waals surface area contributed by atoms with Crippen molar-refractivity contribution in [1.82, 2.24) is 15.0 Å². The minimum absolute atomic E-state index is 0.713. The molecule has 72 valence electrons. The zero-order valence-corrected chi connectivity index (χ0v) is 8.95. The molecule has 14 heavy (non-hydrogen) atoms. The lowest BCUT2D eigenvalue weighted by Gasteiger charge is -2.01. The predicted molar refractivity (Wildman–Crippen MR) is 57.9 cm³/mol. The van der Waals surface area contributed by atoms with Gasteiger partial charge >= 0.3 is 0 Å². The van der Waals surface area contributed by atoms with Gasteiger partial charge in [0.2, 0.25) is 0 Å². The van der Waals surface area contributed by atoms with Crippen LogP contribution in [0.25, 0.3) is 0 Å². The summed E-state index contributed by atoms with van der Waals surface area (Å²) in [5, 5.41) is 3.15. The van der Waals surface area contributed by atoms with E-state index in [2.05, 4.69) is 36.2 Å². The first-order chi connectivity index (χ1) is 6.84. The summed E-state index contributed by atoms with van der Waals surface area (Å²) >= 11 is 3.37. The molecule has 0 amide bonds. The molecule has 0 saturated carbocycles. The van der Waals surface area contributed by atoms with Gasteiger partial charge in [0.15, 0.2) is 0 Å². The Labute approximate surface area is 89.9 Å². The second-order valence-corrected chi connectivity index (χ2v) is 3.70. The maximum atomic E-state index is 4.10. The van der Waals surface area contributed by atoms with Crippen LogP contribution in [0, 0.1) is 0 Å². The number of aromatic amines is 1. The molecule has 2 N–H and O–H groups in total. The maximum Gasteiger partial charge on any atom is 0.144 e. The summed E-state index contributed by atoms with van der Waals surface area (Å²) in [4.78, 5) is 11.2. The average Bonchev–Trinajstić information content (AvgIpc) is 2.63. The van der Waals surface area contributed by atoms with Gasteiger partial charge in [-0.05, 0) is 22.0 Å². The summed E-state index contributed by atoms with van der Waals surface area (Å²) < 4.78 is 1.05. The van der Waals surface area contributed by atoms with E-state index in [1.807, 2.05) is 12.3 Å². The molecular formula is C9H9BrN4. The fourth-order valence-corrected chi connectivity index (χ4v) is 1.48. The number of hydrogen-bond acceptors (Lipinski definition) is 3. The van der Waals surface area contributed by atoms with E-state index in [-0.39, 0.29) is 0 Å². The highest BCUT2D eigenvalue weighted by atomic mass is 79.9. The van der Waals surface area contributed by atoms with Crippen LogP contribution >= 0.6 is 15.9 Å². The van der Waals surface area contributed by atoms with E-state index in [1.165, 1.54) is 0 Å². The Morgan fingerprint density at radius 1 is 1.43 bits per heavy atom. The fraction of sp³-hybridized carbons (Fsp3) is 0.111. The molecule has 0 spiro atoms. The Balaban J connectivity index is 1.95. The van der Waals surface area contributed by atoms with Gasteiger partial charge in [-0.15, -0.1) is 0 Å². The number of rotatable bonds is 3. The van der Waals surface area contributed by atoms with Gasteiger partial charge in [0.05, 0.1) is 12.7 Å². The van der Waals surface area contributed by atoms with Gasteiger partial charge in [-0.3, -0.25) is 4.98 Å². The number of halogens is 1. The Bertz CT molecular complexity index is 398. The quantitative estimate of drug-likeness (QED) is 0.881. The zero-order chi connectivity index (χ0) is 9.80. The highest BCUT2D eigenvalue weighted by molar-refractivity contribution is 9.10. The van der Waals surface area contributed by atoms with Gasteiger partial charge < -0.3 is 10.3 Å². The second-order valence-electron chi connectivity index (χ2n) is 2.79. The molecule has 0 bridgehead atoms. The van der Waals surface area contributed by atoms with Crippen LogP contribution in [0.1, 0.15) is 5.69 Å². The van der Waals surface area contributed by atoms with Crippen molar-refractivity contribution in [3.8, 4) is 0 Å². The highest BCUT2D eigenvalue weighted by Crippen LogP contribution is 2.11. The summed E-state index contributed by atoms with van der Waals surface area (Å²) in [7, 11) is 0. The molecule has 0 atom stereocenters. The lowest BCUT2D eigenvalue weighted by Crippen LogP contribution is -2.01. The van der Waals surface area contributed by atoms with E-state index in [1.54, 1.807) is 18.6 Å². The Morgan fingerprint density at radius 3 is 3.00 bits per heavy atom. The fourth-order valence-electron chi connectivity index (χ4n) is 1.09. The minimum Gasteiger partial charge on any atom is -0.363 e. The standard InChI is InChI=1S/C9H9BrN4/c10-7-3-8(13-4-7)5-14-9-6-11-1-2-12-9/h1-4,6,13H,5H2,(H,12,14). The largest absolute Gasteiger partial charge is 0.363 e. The van der Waals surface area contributed by atoms with Gasteiger partial charge in [-0.25, -0.2) is 4.98 Å². The Morgan fingerprint density at radius 2 is 2.36 bits per heavy atom. The number of anilines is 1. The third-order valence-electron chi connectivity index (χ3n) is 1.73. The molecule has 0 radical (unpaired) electrons. The smallest absolute Gasteiger partial charge is 0.144 e. The molecule has 0 aromatic carbocycles. The SMILES string of the molecule is Brc1c[nH]c(CNc2cnccn2)c1. The average molecular weight is 253 g/mol. The summed E-state index contributed by atoms with van der Waals surface area (Å²) in [6, 6.07) is 2.02. The summed E-state index contributed by atoms with van der Waals surface area (Å²) in [6.07, 6.45) is 6.90. The third kappa shape index (κ3) is 2.32. The van der Waals surface area contributed by atoms with Gasteiger partial charge in [-0.2, -0.15) is 0 Å². The molecule has 0 aliphatic rings. The second kappa shape index (κ2) is 4.23. The number of hydrogen-bond donors (Lipinski definition) is 2. The van der Waals surface area contributed by atoms with Crippen LogP contribution < -0.4 is 5.32 Å². The molecule has 2 rings (SSSR count). The highest BCUT2D eigenvalue weighted by Gasteiger charge is 1.96. The van der Waals surface area contributed by atoms with Crippen molar-refractivity contribution in [3.05, 3.63) is 41.0 Å². The molecule has 0 aliphatic heterocycles. The van der Waals surface area contributed by atoms with E-state index in [9.17, 15) is 0 Å².